The van der Waals surface area contributed by atoms with E-state index in [0.29, 0.717) is 24.3 Å². The number of benzene rings is 1. The number of piperidine rings is 1. The summed E-state index contributed by atoms with van der Waals surface area (Å²) in [5.74, 6) is -1.58. The molecule has 1 aromatic heterocycles. The smallest absolute Gasteiger partial charge is 0.255 e. The summed E-state index contributed by atoms with van der Waals surface area (Å²) in [7, 11) is 0. The van der Waals surface area contributed by atoms with Gasteiger partial charge in [0.2, 0.25) is 11.8 Å². The number of piperazine rings is 1. The molecule has 0 spiro atoms. The molecule has 8 nitrogen and oxygen atoms in total. The SMILES string of the molecule is Cc1cncc(CN2CCN(c3cc4c(cc3F)C(=O)N(C3CCC(=O)NC3=O)C4)CC2)c1. The summed E-state index contributed by atoms with van der Waals surface area (Å²) in [4.78, 5) is 46.6. The van der Waals surface area contributed by atoms with Crippen molar-refractivity contribution in [2.75, 3.05) is 31.1 Å². The molecule has 2 aromatic rings. The number of nitrogens with zero attached hydrogens (tertiary/aromatic N) is 4. The van der Waals surface area contributed by atoms with Gasteiger partial charge < -0.3 is 9.80 Å². The molecule has 0 saturated carbocycles. The monoisotopic (exact) mass is 451 g/mol. The number of aryl methyl sites for hydroxylation is 1. The van der Waals surface area contributed by atoms with Crippen molar-refractivity contribution in [1.29, 1.82) is 0 Å². The van der Waals surface area contributed by atoms with Crippen LogP contribution in [0.4, 0.5) is 10.1 Å². The van der Waals surface area contributed by atoms with Gasteiger partial charge in [-0.3, -0.25) is 29.6 Å². The first kappa shape index (κ1) is 21.5. The minimum absolute atomic E-state index is 0.193. The number of hydrogen-bond acceptors (Lipinski definition) is 6. The number of amides is 3. The molecular weight excluding hydrogens is 425 g/mol. The normalized spacial score (nSPS) is 21.4. The highest BCUT2D eigenvalue weighted by molar-refractivity contribution is 6.05. The largest absolute Gasteiger partial charge is 0.367 e. The molecule has 5 rings (SSSR count). The standard InChI is InChI=1S/C24H26FN5O3/c1-15-8-16(12-26-11-15)13-28-4-6-29(7-5-28)21-9-17-14-30(24(33)18(17)10-19(21)25)20-2-3-22(31)27-23(20)32/h8-12,20H,2-7,13-14H2,1H3,(H,27,31,32). The molecule has 3 aliphatic heterocycles. The number of imide groups is 1. The molecule has 3 amide bonds. The number of hydrogen-bond donors (Lipinski definition) is 1. The van der Waals surface area contributed by atoms with Crippen LogP contribution in [0.25, 0.3) is 0 Å². The van der Waals surface area contributed by atoms with E-state index in [9.17, 15) is 14.4 Å². The quantitative estimate of drug-likeness (QED) is 0.711. The molecule has 33 heavy (non-hydrogen) atoms. The third kappa shape index (κ3) is 4.20. The van der Waals surface area contributed by atoms with Crippen LogP contribution >= 0.6 is 0 Å². The van der Waals surface area contributed by atoms with Crippen molar-refractivity contribution in [3.63, 3.8) is 0 Å². The fraction of sp³-hybridized carbons (Fsp3) is 0.417. The van der Waals surface area contributed by atoms with Crippen LogP contribution in [-0.2, 0) is 22.7 Å². The molecular formula is C24H26FN5O3. The van der Waals surface area contributed by atoms with Crippen LogP contribution in [0.1, 0.15) is 39.9 Å². The van der Waals surface area contributed by atoms with Gasteiger partial charge in [0.25, 0.3) is 5.91 Å². The first-order valence-corrected chi connectivity index (χ1v) is 11.2. The van der Waals surface area contributed by atoms with Gasteiger partial charge >= 0.3 is 0 Å². The number of carbonyl (C=O) groups excluding carboxylic acids is 3. The zero-order chi connectivity index (χ0) is 23.1. The van der Waals surface area contributed by atoms with Gasteiger partial charge in [0.15, 0.2) is 0 Å². The van der Waals surface area contributed by atoms with Gasteiger partial charge in [-0.15, -0.1) is 0 Å². The lowest BCUT2D eigenvalue weighted by molar-refractivity contribution is -0.136. The van der Waals surface area contributed by atoms with E-state index in [1.54, 1.807) is 6.07 Å². The van der Waals surface area contributed by atoms with Crippen molar-refractivity contribution in [2.24, 2.45) is 0 Å². The van der Waals surface area contributed by atoms with Gasteiger partial charge in [0, 0.05) is 63.6 Å². The second-order valence-electron chi connectivity index (χ2n) is 8.99. The van der Waals surface area contributed by atoms with Crippen LogP contribution < -0.4 is 10.2 Å². The van der Waals surface area contributed by atoms with Crippen molar-refractivity contribution >= 4 is 23.4 Å². The Morgan fingerprint density at radius 2 is 1.88 bits per heavy atom. The highest BCUT2D eigenvalue weighted by Gasteiger charge is 2.39. The van der Waals surface area contributed by atoms with Gasteiger partial charge in [-0.05, 0) is 42.2 Å². The third-order valence-corrected chi connectivity index (χ3v) is 6.64. The Balaban J connectivity index is 1.27. The average molecular weight is 452 g/mol. The molecule has 2 fully saturated rings. The van der Waals surface area contributed by atoms with Gasteiger partial charge in [-0.25, -0.2) is 4.39 Å². The summed E-state index contributed by atoms with van der Waals surface area (Å²) < 4.78 is 15.0. The fourth-order valence-electron chi connectivity index (χ4n) is 4.93. The van der Waals surface area contributed by atoms with E-state index in [-0.39, 0.29) is 31.2 Å². The Bertz CT molecular complexity index is 1130. The lowest BCUT2D eigenvalue weighted by Crippen LogP contribution is -2.52. The van der Waals surface area contributed by atoms with E-state index in [4.69, 9.17) is 0 Å². The predicted molar refractivity (Wildman–Crippen MR) is 119 cm³/mol. The topological polar surface area (TPSA) is 85.8 Å². The van der Waals surface area contributed by atoms with Crippen molar-refractivity contribution in [3.05, 3.63) is 58.7 Å². The number of nitrogens with one attached hydrogen (secondary N) is 1. The number of halogens is 1. The zero-order valence-corrected chi connectivity index (χ0v) is 18.5. The molecule has 0 aliphatic carbocycles. The number of pyridine rings is 1. The fourth-order valence-corrected chi connectivity index (χ4v) is 4.93. The highest BCUT2D eigenvalue weighted by atomic mass is 19.1. The molecule has 1 aromatic carbocycles. The average Bonchev–Trinajstić information content (AvgIpc) is 3.09. The first-order chi connectivity index (χ1) is 15.9. The maximum Gasteiger partial charge on any atom is 0.255 e. The lowest BCUT2D eigenvalue weighted by atomic mass is 10.0. The van der Waals surface area contributed by atoms with Crippen LogP contribution in [0.15, 0.2) is 30.6 Å². The van der Waals surface area contributed by atoms with Crippen LogP contribution in [-0.4, -0.2) is 64.7 Å². The predicted octanol–water partition coefficient (Wildman–Crippen LogP) is 1.61. The Morgan fingerprint density at radius 3 is 2.61 bits per heavy atom. The second-order valence-corrected chi connectivity index (χ2v) is 8.99. The van der Waals surface area contributed by atoms with Crippen molar-refractivity contribution in [2.45, 2.75) is 38.9 Å². The van der Waals surface area contributed by atoms with Gasteiger partial charge in [0.1, 0.15) is 11.9 Å². The molecule has 9 heteroatoms. The van der Waals surface area contributed by atoms with E-state index in [2.05, 4.69) is 21.3 Å². The Morgan fingerprint density at radius 1 is 1.09 bits per heavy atom. The maximum absolute atomic E-state index is 15.0. The number of aromatic nitrogens is 1. The summed E-state index contributed by atoms with van der Waals surface area (Å²) in [6.45, 7) is 6.03. The van der Waals surface area contributed by atoms with Crippen LogP contribution in [0.2, 0.25) is 0 Å². The van der Waals surface area contributed by atoms with E-state index in [1.807, 2.05) is 24.2 Å². The van der Waals surface area contributed by atoms with Crippen LogP contribution in [0.5, 0.6) is 0 Å². The third-order valence-electron chi connectivity index (χ3n) is 6.64. The number of fused-ring (bicyclic) bond motifs is 1. The van der Waals surface area contributed by atoms with Crippen molar-refractivity contribution in [3.8, 4) is 0 Å². The molecule has 4 heterocycles. The van der Waals surface area contributed by atoms with Crippen molar-refractivity contribution < 1.29 is 18.8 Å². The zero-order valence-electron chi connectivity index (χ0n) is 18.5. The maximum atomic E-state index is 15.0. The second kappa shape index (κ2) is 8.55. The van der Waals surface area contributed by atoms with Gasteiger partial charge in [-0.1, -0.05) is 6.07 Å². The first-order valence-electron chi connectivity index (χ1n) is 11.2. The molecule has 1 atom stereocenters. The summed E-state index contributed by atoms with van der Waals surface area (Å²) in [5.41, 5.74) is 3.80. The minimum Gasteiger partial charge on any atom is -0.367 e. The van der Waals surface area contributed by atoms with E-state index >= 15 is 4.39 Å². The summed E-state index contributed by atoms with van der Waals surface area (Å²) in [6, 6.07) is 4.47. The minimum atomic E-state index is -0.700. The van der Waals surface area contributed by atoms with E-state index < -0.39 is 17.8 Å². The summed E-state index contributed by atoms with van der Waals surface area (Å²) in [5, 5.41) is 2.29. The molecule has 172 valence electrons. The molecule has 2 saturated heterocycles. The van der Waals surface area contributed by atoms with Crippen LogP contribution in [0, 0.1) is 12.7 Å². The van der Waals surface area contributed by atoms with E-state index in [1.165, 1.54) is 16.5 Å². The number of rotatable bonds is 4. The molecule has 0 radical (unpaired) electrons. The molecule has 1 N–H and O–H groups in total. The van der Waals surface area contributed by atoms with Gasteiger partial charge in [-0.2, -0.15) is 0 Å². The van der Waals surface area contributed by atoms with E-state index in [0.717, 1.165) is 30.8 Å². The molecule has 0 bridgehead atoms. The summed E-state index contributed by atoms with van der Waals surface area (Å²) >= 11 is 0. The van der Waals surface area contributed by atoms with Crippen LogP contribution in [0.3, 0.4) is 0 Å². The Hall–Kier alpha value is -3.33. The Labute approximate surface area is 191 Å². The van der Waals surface area contributed by atoms with Gasteiger partial charge in [0.05, 0.1) is 5.69 Å². The molecule has 3 aliphatic rings. The lowest BCUT2D eigenvalue weighted by Gasteiger charge is -2.36. The number of anilines is 1. The summed E-state index contributed by atoms with van der Waals surface area (Å²) in [6.07, 6.45) is 4.20. The molecule has 1 unspecified atom stereocenters. The number of carbonyl (C=O) groups is 3. The van der Waals surface area contributed by atoms with Crippen molar-refractivity contribution in [1.82, 2.24) is 20.1 Å². The highest BCUT2D eigenvalue weighted by Crippen LogP contribution is 2.33. The Kier molecular flexibility index (Phi) is 5.57.